The van der Waals surface area contributed by atoms with Gasteiger partial charge in [0.15, 0.2) is 15.7 Å². The molecule has 0 saturated heterocycles. The molecule has 0 atom stereocenters. The van der Waals surface area contributed by atoms with Gasteiger partial charge in [-0.15, -0.1) is 0 Å². The summed E-state index contributed by atoms with van der Waals surface area (Å²) >= 11 is 0. The third-order valence-electron chi connectivity index (χ3n) is 3.49. The van der Waals surface area contributed by atoms with E-state index in [1.54, 1.807) is 30.8 Å². The molecule has 1 aromatic heterocycles. The zero-order valence-corrected chi connectivity index (χ0v) is 12.2. The van der Waals surface area contributed by atoms with E-state index in [9.17, 15) is 13.2 Å². The van der Waals surface area contributed by atoms with Crippen LogP contribution >= 0.6 is 0 Å². The van der Waals surface area contributed by atoms with E-state index in [1.165, 1.54) is 6.26 Å². The lowest BCUT2D eigenvalue weighted by molar-refractivity contribution is 0.559. The molecule has 0 radical (unpaired) electrons. The third kappa shape index (κ3) is 2.97. The number of rotatable bonds is 5. The van der Waals surface area contributed by atoms with E-state index in [4.69, 9.17) is 0 Å². The van der Waals surface area contributed by atoms with Gasteiger partial charge >= 0.3 is 0 Å². The molecular formula is C12H19N3O3S. The van der Waals surface area contributed by atoms with E-state index < -0.39 is 14.6 Å². The second-order valence-corrected chi connectivity index (χ2v) is 8.25. The molecule has 0 unspecified atom stereocenters. The minimum absolute atomic E-state index is 0.156. The Morgan fingerprint density at radius 3 is 2.63 bits per heavy atom. The van der Waals surface area contributed by atoms with Gasteiger partial charge in [-0.2, -0.15) is 0 Å². The molecular weight excluding hydrogens is 266 g/mol. The highest BCUT2D eigenvalue weighted by atomic mass is 32.2. The Balaban J connectivity index is 2.17. The number of hydrogen-bond acceptors (Lipinski definition) is 5. The maximum Gasteiger partial charge on any atom is 0.293 e. The van der Waals surface area contributed by atoms with Crippen molar-refractivity contribution in [2.75, 3.05) is 18.1 Å². The lowest BCUT2D eigenvalue weighted by Crippen LogP contribution is -2.39. The number of aromatic nitrogens is 2. The molecule has 0 bridgehead atoms. The second-order valence-electron chi connectivity index (χ2n) is 5.60. The Hall–Kier alpha value is -1.37. The minimum atomic E-state index is -3.20. The van der Waals surface area contributed by atoms with E-state index >= 15 is 0 Å². The number of nitrogens with zero attached hydrogens (tertiary/aromatic N) is 2. The van der Waals surface area contributed by atoms with Crippen LogP contribution in [0.1, 0.15) is 32.7 Å². The summed E-state index contributed by atoms with van der Waals surface area (Å²) in [7, 11) is -3.20. The fourth-order valence-electron chi connectivity index (χ4n) is 1.61. The van der Waals surface area contributed by atoms with Crippen molar-refractivity contribution >= 4 is 15.7 Å². The lowest BCUT2D eigenvalue weighted by Gasteiger charge is -2.22. The molecule has 0 aromatic carbocycles. The Morgan fingerprint density at radius 2 is 2.11 bits per heavy atom. The lowest BCUT2D eigenvalue weighted by atomic mass is 10.2. The standard InChI is InChI=1S/C12H19N3O3S/c1-12(2,19(3,17)18)8-14-10-11(16)15(7-6-13-10)9-4-5-9/h6-7,9H,4-5,8H2,1-3H3,(H,13,14). The molecule has 0 spiro atoms. The van der Waals surface area contributed by atoms with Gasteiger partial charge in [-0.1, -0.05) is 0 Å². The molecule has 1 heterocycles. The largest absolute Gasteiger partial charge is 0.364 e. The highest BCUT2D eigenvalue weighted by molar-refractivity contribution is 7.92. The first kappa shape index (κ1) is 14.0. The van der Waals surface area contributed by atoms with Crippen LogP contribution in [-0.2, 0) is 9.84 Å². The monoisotopic (exact) mass is 285 g/mol. The van der Waals surface area contributed by atoms with Crippen molar-refractivity contribution in [1.29, 1.82) is 0 Å². The summed E-state index contributed by atoms with van der Waals surface area (Å²) in [5, 5.41) is 2.86. The number of hydrogen-bond donors (Lipinski definition) is 1. The maximum atomic E-state index is 12.1. The molecule has 1 aromatic rings. The van der Waals surface area contributed by atoms with Gasteiger partial charge in [-0.25, -0.2) is 13.4 Å². The Labute approximate surface area is 112 Å². The average molecular weight is 285 g/mol. The van der Waals surface area contributed by atoms with Gasteiger partial charge in [0, 0.05) is 31.2 Å². The molecule has 7 heteroatoms. The third-order valence-corrected chi connectivity index (χ3v) is 5.65. The van der Waals surface area contributed by atoms with Gasteiger partial charge in [-0.3, -0.25) is 4.79 Å². The van der Waals surface area contributed by atoms with E-state index in [1.807, 2.05) is 0 Å². The van der Waals surface area contributed by atoms with E-state index in [-0.39, 0.29) is 24.0 Å². The summed E-state index contributed by atoms with van der Waals surface area (Å²) in [6, 6.07) is 0.277. The maximum absolute atomic E-state index is 12.1. The van der Waals surface area contributed by atoms with E-state index in [2.05, 4.69) is 10.3 Å². The summed E-state index contributed by atoms with van der Waals surface area (Å²) in [6.45, 7) is 3.40. The molecule has 1 fully saturated rings. The smallest absolute Gasteiger partial charge is 0.293 e. The summed E-state index contributed by atoms with van der Waals surface area (Å²) in [4.78, 5) is 16.1. The summed E-state index contributed by atoms with van der Waals surface area (Å²) in [5.41, 5.74) is -0.186. The topological polar surface area (TPSA) is 81.1 Å². The summed E-state index contributed by atoms with van der Waals surface area (Å²) < 4.78 is 23.9. The van der Waals surface area contributed by atoms with Crippen LogP contribution in [0.15, 0.2) is 17.2 Å². The van der Waals surface area contributed by atoms with Crippen molar-refractivity contribution in [1.82, 2.24) is 9.55 Å². The molecule has 19 heavy (non-hydrogen) atoms. The highest BCUT2D eigenvalue weighted by Crippen LogP contribution is 2.33. The van der Waals surface area contributed by atoms with Gasteiger partial charge in [-0.05, 0) is 26.7 Å². The summed E-state index contributed by atoms with van der Waals surface area (Å²) in [6.07, 6.45) is 6.45. The molecule has 1 saturated carbocycles. The van der Waals surface area contributed by atoms with Gasteiger partial charge in [0.25, 0.3) is 5.56 Å². The molecule has 0 amide bonds. The van der Waals surface area contributed by atoms with Gasteiger partial charge < -0.3 is 9.88 Å². The van der Waals surface area contributed by atoms with Crippen LogP contribution in [0.25, 0.3) is 0 Å². The summed E-state index contributed by atoms with van der Waals surface area (Å²) in [5.74, 6) is 0.214. The van der Waals surface area contributed by atoms with Crippen molar-refractivity contribution in [3.05, 3.63) is 22.7 Å². The molecule has 6 nitrogen and oxygen atoms in total. The molecule has 0 aliphatic heterocycles. The fourth-order valence-corrected chi connectivity index (χ4v) is 1.95. The molecule has 106 valence electrons. The predicted octanol–water partition coefficient (Wildman–Crippen LogP) is 0.813. The fraction of sp³-hybridized carbons (Fsp3) is 0.667. The molecule has 2 rings (SSSR count). The van der Waals surface area contributed by atoms with Crippen molar-refractivity contribution in [2.45, 2.75) is 37.5 Å². The van der Waals surface area contributed by atoms with Crippen molar-refractivity contribution < 1.29 is 8.42 Å². The minimum Gasteiger partial charge on any atom is -0.364 e. The Kier molecular flexibility index (Phi) is 3.42. The van der Waals surface area contributed by atoms with Crippen LogP contribution in [0.2, 0.25) is 0 Å². The van der Waals surface area contributed by atoms with E-state index in [0.717, 1.165) is 12.8 Å². The van der Waals surface area contributed by atoms with Crippen molar-refractivity contribution in [3.8, 4) is 0 Å². The second kappa shape index (κ2) is 4.63. The SMILES string of the molecule is CC(C)(CNc1nccn(C2CC2)c1=O)S(C)(=O)=O. The van der Waals surface area contributed by atoms with Crippen LogP contribution in [0.4, 0.5) is 5.82 Å². The number of sulfone groups is 1. The highest BCUT2D eigenvalue weighted by Gasteiger charge is 2.31. The van der Waals surface area contributed by atoms with Crippen LogP contribution in [0.5, 0.6) is 0 Å². The van der Waals surface area contributed by atoms with Crippen LogP contribution in [0, 0.1) is 0 Å². The van der Waals surface area contributed by atoms with E-state index in [0.29, 0.717) is 0 Å². The predicted molar refractivity (Wildman–Crippen MR) is 74.2 cm³/mol. The van der Waals surface area contributed by atoms with Crippen LogP contribution < -0.4 is 10.9 Å². The zero-order valence-electron chi connectivity index (χ0n) is 11.4. The zero-order chi connectivity index (χ0) is 14.3. The van der Waals surface area contributed by atoms with Crippen molar-refractivity contribution in [3.63, 3.8) is 0 Å². The average Bonchev–Trinajstić information content (AvgIpc) is 3.10. The Bertz CT molecular complexity index is 630. The molecule has 1 aliphatic rings. The van der Waals surface area contributed by atoms with Crippen molar-refractivity contribution in [2.24, 2.45) is 0 Å². The van der Waals surface area contributed by atoms with Gasteiger partial charge in [0.1, 0.15) is 0 Å². The number of nitrogens with one attached hydrogen (secondary N) is 1. The van der Waals surface area contributed by atoms with Gasteiger partial charge in [0.05, 0.1) is 4.75 Å². The van der Waals surface area contributed by atoms with Crippen LogP contribution in [-0.4, -0.2) is 35.5 Å². The van der Waals surface area contributed by atoms with Gasteiger partial charge in [0.2, 0.25) is 0 Å². The first-order valence-electron chi connectivity index (χ1n) is 6.23. The Morgan fingerprint density at radius 1 is 1.47 bits per heavy atom. The molecule has 1 N–H and O–H groups in total. The molecule has 1 aliphatic carbocycles. The quantitative estimate of drug-likeness (QED) is 0.866. The van der Waals surface area contributed by atoms with Crippen LogP contribution in [0.3, 0.4) is 0 Å². The number of anilines is 1. The first-order chi connectivity index (χ1) is 8.72. The normalized spacial score (nSPS) is 16.4. The first-order valence-corrected chi connectivity index (χ1v) is 8.12.